The molecule has 0 bridgehead atoms. The molecule has 1 aromatic heterocycles. The number of hydrogen-bond acceptors (Lipinski definition) is 4. The van der Waals surface area contributed by atoms with Crippen molar-refractivity contribution in [1.82, 2.24) is 15.1 Å². The van der Waals surface area contributed by atoms with Gasteiger partial charge in [-0.05, 0) is 51.0 Å². The highest BCUT2D eigenvalue weighted by Gasteiger charge is 2.40. The molecule has 0 aliphatic carbocycles. The van der Waals surface area contributed by atoms with E-state index >= 15 is 0 Å². The molecule has 26 heavy (non-hydrogen) atoms. The van der Waals surface area contributed by atoms with Gasteiger partial charge in [0.15, 0.2) is 0 Å². The van der Waals surface area contributed by atoms with E-state index in [-0.39, 0.29) is 5.60 Å². The molecule has 2 atom stereocenters. The Kier molecular flexibility index (Phi) is 5.06. The third-order valence-electron chi connectivity index (χ3n) is 5.64. The molecule has 1 aromatic carbocycles. The summed E-state index contributed by atoms with van der Waals surface area (Å²) in [5.74, 6) is 0. The van der Waals surface area contributed by atoms with E-state index in [2.05, 4.69) is 19.2 Å². The van der Waals surface area contributed by atoms with Crippen LogP contribution in [0.1, 0.15) is 36.2 Å². The summed E-state index contributed by atoms with van der Waals surface area (Å²) in [6.45, 7) is 7.39. The van der Waals surface area contributed by atoms with Gasteiger partial charge in [-0.15, -0.1) is 0 Å². The van der Waals surface area contributed by atoms with Gasteiger partial charge >= 0.3 is 0 Å². The van der Waals surface area contributed by atoms with Crippen LogP contribution in [0.25, 0.3) is 5.69 Å². The number of halogens is 1. The third kappa shape index (κ3) is 3.54. The molecular weight excluding hydrogens is 350 g/mol. The zero-order chi connectivity index (χ0) is 18.1. The Balaban J connectivity index is 1.46. The van der Waals surface area contributed by atoms with Crippen LogP contribution in [0.3, 0.4) is 0 Å². The predicted octanol–water partition coefficient (Wildman–Crippen LogP) is 3.57. The van der Waals surface area contributed by atoms with E-state index in [1.165, 1.54) is 11.3 Å². The fourth-order valence-corrected chi connectivity index (χ4v) is 4.20. The number of nitrogens with zero attached hydrogens (tertiary/aromatic N) is 2. The van der Waals surface area contributed by atoms with Crippen LogP contribution in [0.15, 0.2) is 24.3 Å². The molecule has 1 N–H and O–H groups in total. The van der Waals surface area contributed by atoms with Gasteiger partial charge in [0, 0.05) is 48.5 Å². The van der Waals surface area contributed by atoms with Gasteiger partial charge in [0.25, 0.3) is 0 Å². The molecule has 2 aliphatic rings. The van der Waals surface area contributed by atoms with Gasteiger partial charge in [-0.25, -0.2) is 4.68 Å². The van der Waals surface area contributed by atoms with Gasteiger partial charge in [0.1, 0.15) is 0 Å². The minimum absolute atomic E-state index is 0.0620. The van der Waals surface area contributed by atoms with E-state index in [9.17, 15) is 0 Å². The maximum absolute atomic E-state index is 6.04. The first-order valence-electron chi connectivity index (χ1n) is 9.32. The molecule has 5 nitrogen and oxygen atoms in total. The number of nitrogens with one attached hydrogen (secondary N) is 1. The first-order valence-corrected chi connectivity index (χ1v) is 9.70. The second-order valence-electron chi connectivity index (χ2n) is 7.44. The SMILES string of the molecule is Cc1nn(-c2ccc(Cl)cc2)c(C)c1CNC1CCOC2(CCOC2)C1. The van der Waals surface area contributed by atoms with Crippen molar-refractivity contribution in [2.45, 2.75) is 51.3 Å². The normalized spacial score (nSPS) is 25.9. The zero-order valence-corrected chi connectivity index (χ0v) is 16.2. The van der Waals surface area contributed by atoms with Crippen LogP contribution in [0.2, 0.25) is 5.02 Å². The van der Waals surface area contributed by atoms with Crippen molar-refractivity contribution in [3.05, 3.63) is 46.2 Å². The monoisotopic (exact) mass is 375 g/mol. The van der Waals surface area contributed by atoms with Crippen molar-refractivity contribution in [3.63, 3.8) is 0 Å². The molecule has 0 radical (unpaired) electrons. The smallest absolute Gasteiger partial charge is 0.0951 e. The minimum atomic E-state index is -0.0620. The molecule has 3 heterocycles. The second kappa shape index (κ2) is 7.31. The topological polar surface area (TPSA) is 48.3 Å². The van der Waals surface area contributed by atoms with Gasteiger partial charge in [-0.2, -0.15) is 5.10 Å². The number of aryl methyl sites for hydroxylation is 1. The molecule has 6 heteroatoms. The van der Waals surface area contributed by atoms with Crippen LogP contribution in [0.5, 0.6) is 0 Å². The Labute approximate surface area is 159 Å². The molecule has 2 unspecified atom stereocenters. The van der Waals surface area contributed by atoms with Gasteiger partial charge in [-0.1, -0.05) is 11.6 Å². The van der Waals surface area contributed by atoms with Gasteiger partial charge in [0.2, 0.25) is 0 Å². The van der Waals surface area contributed by atoms with Gasteiger partial charge in [-0.3, -0.25) is 0 Å². The Morgan fingerprint density at radius 1 is 1.27 bits per heavy atom. The maximum atomic E-state index is 6.04. The molecule has 0 amide bonds. The van der Waals surface area contributed by atoms with E-state index in [1.54, 1.807) is 0 Å². The molecule has 2 aliphatic heterocycles. The number of aromatic nitrogens is 2. The molecule has 1 spiro atoms. The van der Waals surface area contributed by atoms with E-state index in [0.717, 1.165) is 62.0 Å². The van der Waals surface area contributed by atoms with Crippen molar-refractivity contribution in [2.75, 3.05) is 19.8 Å². The van der Waals surface area contributed by atoms with Crippen LogP contribution in [0, 0.1) is 13.8 Å². The first kappa shape index (κ1) is 18.0. The quantitative estimate of drug-likeness (QED) is 0.887. The zero-order valence-electron chi connectivity index (χ0n) is 15.4. The van der Waals surface area contributed by atoms with Crippen LogP contribution in [0.4, 0.5) is 0 Å². The van der Waals surface area contributed by atoms with Crippen LogP contribution in [-0.4, -0.2) is 41.2 Å². The molecule has 4 rings (SSSR count). The second-order valence-corrected chi connectivity index (χ2v) is 7.88. The molecular formula is C20H26ClN3O2. The lowest BCUT2D eigenvalue weighted by molar-refractivity contribution is -0.0894. The van der Waals surface area contributed by atoms with Crippen molar-refractivity contribution in [1.29, 1.82) is 0 Å². The summed E-state index contributed by atoms with van der Waals surface area (Å²) in [4.78, 5) is 0. The highest BCUT2D eigenvalue weighted by Crippen LogP contribution is 2.33. The Morgan fingerprint density at radius 2 is 2.08 bits per heavy atom. The third-order valence-corrected chi connectivity index (χ3v) is 5.89. The van der Waals surface area contributed by atoms with E-state index in [0.29, 0.717) is 6.04 Å². The van der Waals surface area contributed by atoms with Crippen molar-refractivity contribution >= 4 is 11.6 Å². The van der Waals surface area contributed by atoms with Crippen molar-refractivity contribution < 1.29 is 9.47 Å². The summed E-state index contributed by atoms with van der Waals surface area (Å²) in [6.07, 6.45) is 3.08. The Morgan fingerprint density at radius 3 is 2.81 bits per heavy atom. The first-order chi connectivity index (χ1) is 12.6. The summed E-state index contributed by atoms with van der Waals surface area (Å²) < 4.78 is 13.6. The predicted molar refractivity (Wildman–Crippen MR) is 102 cm³/mol. The highest BCUT2D eigenvalue weighted by molar-refractivity contribution is 6.30. The molecule has 2 fully saturated rings. The lowest BCUT2D eigenvalue weighted by Crippen LogP contribution is -2.47. The Bertz CT molecular complexity index is 766. The van der Waals surface area contributed by atoms with Crippen LogP contribution in [-0.2, 0) is 16.0 Å². The van der Waals surface area contributed by atoms with Crippen LogP contribution < -0.4 is 5.32 Å². The summed E-state index contributed by atoms with van der Waals surface area (Å²) in [5, 5.41) is 9.21. The van der Waals surface area contributed by atoms with E-state index in [4.69, 9.17) is 26.2 Å². The fraction of sp³-hybridized carbons (Fsp3) is 0.550. The minimum Gasteiger partial charge on any atom is -0.378 e. The van der Waals surface area contributed by atoms with Crippen molar-refractivity contribution in [2.24, 2.45) is 0 Å². The van der Waals surface area contributed by atoms with Crippen LogP contribution >= 0.6 is 11.6 Å². The summed E-state index contributed by atoms with van der Waals surface area (Å²) in [7, 11) is 0. The van der Waals surface area contributed by atoms with E-state index in [1.807, 2.05) is 28.9 Å². The maximum Gasteiger partial charge on any atom is 0.0951 e. The Hall–Kier alpha value is -1.40. The summed E-state index contributed by atoms with van der Waals surface area (Å²) in [5.41, 5.74) is 4.48. The van der Waals surface area contributed by atoms with Crippen molar-refractivity contribution in [3.8, 4) is 5.69 Å². The molecule has 2 aromatic rings. The fourth-order valence-electron chi connectivity index (χ4n) is 4.08. The molecule has 2 saturated heterocycles. The largest absolute Gasteiger partial charge is 0.378 e. The molecule has 0 saturated carbocycles. The molecule has 140 valence electrons. The lowest BCUT2D eigenvalue weighted by Gasteiger charge is -2.37. The van der Waals surface area contributed by atoms with Gasteiger partial charge in [0.05, 0.1) is 23.6 Å². The summed E-state index contributed by atoms with van der Waals surface area (Å²) in [6, 6.07) is 8.26. The highest BCUT2D eigenvalue weighted by atomic mass is 35.5. The standard InChI is InChI=1S/C20H26ClN3O2/c1-14-19(15(2)24(23-14)18-5-3-16(21)4-6-18)12-22-17-7-9-26-20(11-17)8-10-25-13-20/h3-6,17,22H,7-13H2,1-2H3. The summed E-state index contributed by atoms with van der Waals surface area (Å²) >= 11 is 6.00. The van der Waals surface area contributed by atoms with E-state index < -0.39 is 0 Å². The number of ether oxygens (including phenoxy) is 2. The lowest BCUT2D eigenvalue weighted by atomic mass is 9.89. The number of rotatable bonds is 4. The number of benzene rings is 1. The number of hydrogen-bond donors (Lipinski definition) is 1. The van der Waals surface area contributed by atoms with Gasteiger partial charge < -0.3 is 14.8 Å². The average molecular weight is 376 g/mol. The average Bonchev–Trinajstić information content (AvgIpc) is 3.19.